The highest BCUT2D eigenvalue weighted by molar-refractivity contribution is 7.01. The van der Waals surface area contributed by atoms with Crippen molar-refractivity contribution in [2.75, 3.05) is 0 Å². The fraction of sp³-hybridized carbons (Fsp3) is 0.308. The summed E-state index contributed by atoms with van der Waals surface area (Å²) in [5.74, 6) is -0.326. The van der Waals surface area contributed by atoms with Gasteiger partial charge in [-0.1, -0.05) is 24.3 Å². The number of carbonyl (C=O) groups excluding carboxylic acids is 1. The van der Waals surface area contributed by atoms with E-state index in [1.807, 2.05) is 45.0 Å². The average molecular weight is 263 g/mol. The molecule has 0 radical (unpaired) electrons. The summed E-state index contributed by atoms with van der Waals surface area (Å²) in [7, 11) is 5.83. The van der Waals surface area contributed by atoms with Gasteiger partial charge in [0.05, 0.1) is 0 Å². The average Bonchev–Trinajstić information content (AvgIpc) is 2.25. The molecule has 1 rings (SSSR count). The van der Waals surface area contributed by atoms with Gasteiger partial charge in [0.25, 0.3) is 0 Å². The molecule has 1 aromatic carbocycles. The third-order valence-electron chi connectivity index (χ3n) is 1.95. The number of esters is 1. The van der Waals surface area contributed by atoms with Gasteiger partial charge in [0.15, 0.2) is 0 Å². The van der Waals surface area contributed by atoms with Gasteiger partial charge < -0.3 is 13.8 Å². The molecule has 0 saturated carbocycles. The Hall–Kier alpha value is -0.514. The second kappa shape index (κ2) is 6.43. The van der Waals surface area contributed by atoms with Crippen LogP contribution in [0.5, 0.6) is 0 Å². The molecule has 0 unspecified atom stereocenters. The van der Waals surface area contributed by atoms with E-state index in [1.165, 1.54) is 9.77 Å². The fourth-order valence-corrected chi connectivity index (χ4v) is 2.17. The maximum absolute atomic E-state index is 11.4. The van der Waals surface area contributed by atoms with Crippen molar-refractivity contribution < 1.29 is 9.53 Å². The van der Waals surface area contributed by atoms with Crippen LogP contribution in [-0.2, 0) is 9.53 Å². The van der Waals surface area contributed by atoms with Crippen LogP contribution in [0.15, 0.2) is 30.3 Å². The summed E-state index contributed by atoms with van der Waals surface area (Å²) >= 11 is -0.621. The van der Waals surface area contributed by atoms with E-state index in [1.54, 1.807) is 6.08 Å². The highest BCUT2D eigenvalue weighted by Gasteiger charge is 2.13. The number of hydrogen-bond acceptors (Lipinski definition) is 2. The zero-order valence-corrected chi connectivity index (χ0v) is 12.5. The minimum absolute atomic E-state index is 0.326. The highest BCUT2D eigenvalue weighted by atomic mass is 35.5. The van der Waals surface area contributed by atoms with Crippen LogP contribution in [0.25, 0.3) is 6.08 Å². The standard InChI is InChI=1S/C13H15O2.ClH.Mg/c1-13(2,3)15-12(14)10-9-11-7-5-4-6-8-11;;/h5-10H,1-3H3;1H;/q;;+1/p-1/b10-9+;;. The Morgan fingerprint density at radius 3 is 2.35 bits per heavy atom. The van der Waals surface area contributed by atoms with Gasteiger partial charge in [0.2, 0.25) is 0 Å². The molecule has 4 heteroatoms. The molecule has 0 aromatic heterocycles. The first-order chi connectivity index (χ1) is 7.90. The number of rotatable bonds is 3. The van der Waals surface area contributed by atoms with Gasteiger partial charge >= 0.3 is 25.2 Å². The first-order valence-electron chi connectivity index (χ1n) is 5.47. The predicted octanol–water partition coefficient (Wildman–Crippen LogP) is 2.52. The molecule has 0 amide bonds. The van der Waals surface area contributed by atoms with E-state index in [0.717, 1.165) is 5.56 Å². The fourth-order valence-electron chi connectivity index (χ4n) is 1.22. The molecular weight excluding hydrogens is 248 g/mol. The van der Waals surface area contributed by atoms with Gasteiger partial charge in [0, 0.05) is 6.08 Å². The van der Waals surface area contributed by atoms with E-state index in [9.17, 15) is 4.79 Å². The lowest BCUT2D eigenvalue weighted by Crippen LogP contribution is -2.22. The second-order valence-electron chi connectivity index (χ2n) is 4.74. The maximum Gasteiger partial charge on any atom is 0.538 e. The molecule has 0 spiro atoms. The molecule has 0 bridgehead atoms. The summed E-state index contributed by atoms with van der Waals surface area (Å²) in [5, 5.41) is 0. The van der Waals surface area contributed by atoms with Gasteiger partial charge in [-0.05, 0) is 32.4 Å². The summed E-state index contributed by atoms with van der Waals surface area (Å²) in [6, 6.07) is 7.89. The second-order valence-corrected chi connectivity index (χ2v) is 6.63. The van der Waals surface area contributed by atoms with Crippen molar-refractivity contribution >= 4 is 44.1 Å². The van der Waals surface area contributed by atoms with Crippen LogP contribution in [0.1, 0.15) is 26.3 Å². The molecule has 88 valence electrons. The van der Waals surface area contributed by atoms with Crippen LogP contribution in [0.4, 0.5) is 0 Å². The zero-order valence-electron chi connectivity index (χ0n) is 10.4. The van der Waals surface area contributed by atoms with Crippen LogP contribution in [0.3, 0.4) is 0 Å². The molecule has 0 saturated heterocycles. The van der Waals surface area contributed by atoms with Crippen molar-refractivity contribution in [1.29, 1.82) is 0 Å². The summed E-state index contributed by atoms with van der Waals surface area (Å²) in [4.78, 5) is 11.4. The molecule has 0 aliphatic rings. The zero-order chi connectivity index (χ0) is 12.9. The van der Waals surface area contributed by atoms with E-state index in [2.05, 4.69) is 0 Å². The summed E-state index contributed by atoms with van der Waals surface area (Å²) < 4.78 is 6.36. The Morgan fingerprint density at radius 1 is 1.29 bits per heavy atom. The lowest BCUT2D eigenvalue weighted by atomic mass is 10.2. The number of halogens is 1. The van der Waals surface area contributed by atoms with Crippen molar-refractivity contribution in [3.63, 3.8) is 0 Å². The smallest absolute Gasteiger partial charge is 0.457 e. The van der Waals surface area contributed by atoms with Gasteiger partial charge in [0.1, 0.15) is 5.60 Å². The number of benzene rings is 1. The largest absolute Gasteiger partial charge is 0.538 e. The summed E-state index contributed by atoms with van der Waals surface area (Å²) in [6.45, 7) is 5.54. The molecule has 0 aliphatic heterocycles. The Bertz CT molecular complexity index is 404. The highest BCUT2D eigenvalue weighted by Crippen LogP contribution is 2.08. The number of ether oxygens (including phenoxy) is 1. The Kier molecular flexibility index (Phi) is 5.50. The molecule has 17 heavy (non-hydrogen) atoms. The predicted molar refractivity (Wildman–Crippen MR) is 72.6 cm³/mol. The van der Waals surface area contributed by atoms with Gasteiger partial charge in [-0.2, -0.15) is 0 Å². The van der Waals surface area contributed by atoms with E-state index < -0.39 is 24.9 Å². The van der Waals surface area contributed by atoms with Crippen molar-refractivity contribution in [3.05, 3.63) is 35.9 Å². The van der Waals surface area contributed by atoms with Crippen LogP contribution >= 0.6 is 9.07 Å². The van der Waals surface area contributed by atoms with Crippen LogP contribution in [-0.4, -0.2) is 30.8 Å². The maximum atomic E-state index is 11.4. The van der Waals surface area contributed by atoms with E-state index in [4.69, 9.17) is 13.8 Å². The summed E-state index contributed by atoms with van der Waals surface area (Å²) in [5.41, 5.74) is 0.522. The molecule has 0 aliphatic carbocycles. The molecular formula is C13H15ClMgO2. The number of carbonyl (C=O) groups is 1. The van der Waals surface area contributed by atoms with Crippen LogP contribution in [0, 0.1) is 0 Å². The van der Waals surface area contributed by atoms with Gasteiger partial charge in [-0.15, -0.1) is 3.69 Å². The van der Waals surface area contributed by atoms with E-state index in [-0.39, 0.29) is 5.97 Å². The SMILES string of the molecule is CC(C)(C)OC(=O)/C=C/c1cc[c]([Mg][Cl])cc1. The first kappa shape index (κ1) is 14.5. The number of hydrogen-bond donors (Lipinski definition) is 0. The molecule has 1 aromatic rings. The molecule has 0 atom stereocenters. The monoisotopic (exact) mass is 262 g/mol. The Balaban J connectivity index is 2.61. The minimum atomic E-state index is -0.621. The van der Waals surface area contributed by atoms with Crippen LogP contribution < -0.4 is 3.69 Å². The van der Waals surface area contributed by atoms with Crippen molar-refractivity contribution in [2.24, 2.45) is 0 Å². The topological polar surface area (TPSA) is 26.3 Å². The molecule has 0 heterocycles. The van der Waals surface area contributed by atoms with Crippen molar-refractivity contribution in [2.45, 2.75) is 26.4 Å². The van der Waals surface area contributed by atoms with Crippen molar-refractivity contribution in [1.82, 2.24) is 0 Å². The Morgan fingerprint density at radius 2 is 1.88 bits per heavy atom. The third-order valence-corrected chi connectivity index (χ3v) is 3.66. The normalized spacial score (nSPS) is 11.3. The molecule has 2 nitrogen and oxygen atoms in total. The minimum Gasteiger partial charge on any atom is -0.457 e. The molecule has 0 fully saturated rings. The lowest BCUT2D eigenvalue weighted by molar-refractivity contribution is -0.148. The Labute approximate surface area is 115 Å². The van der Waals surface area contributed by atoms with E-state index >= 15 is 0 Å². The van der Waals surface area contributed by atoms with E-state index in [0.29, 0.717) is 0 Å². The van der Waals surface area contributed by atoms with Gasteiger partial charge in [-0.3, -0.25) is 0 Å². The lowest BCUT2D eigenvalue weighted by Gasteiger charge is -2.17. The molecule has 0 N–H and O–H groups in total. The van der Waals surface area contributed by atoms with Gasteiger partial charge in [-0.25, -0.2) is 4.79 Å². The van der Waals surface area contributed by atoms with Crippen molar-refractivity contribution in [3.8, 4) is 0 Å². The van der Waals surface area contributed by atoms with Crippen LogP contribution in [0.2, 0.25) is 0 Å². The summed E-state index contributed by atoms with van der Waals surface area (Å²) in [6.07, 6.45) is 3.19. The third kappa shape index (κ3) is 6.10. The quantitative estimate of drug-likeness (QED) is 0.476. The first-order valence-corrected chi connectivity index (χ1v) is 8.31.